The summed E-state index contributed by atoms with van der Waals surface area (Å²) in [5, 5.41) is 22.7. The molecule has 12 heteroatoms. The van der Waals surface area contributed by atoms with Crippen LogP contribution in [0.1, 0.15) is 5.76 Å². The first-order chi connectivity index (χ1) is 12.4. The number of anilines is 1. The zero-order valence-corrected chi connectivity index (χ0v) is 14.3. The number of carbonyl (C=O) groups excluding carboxylic acids is 1. The lowest BCUT2D eigenvalue weighted by Gasteiger charge is -2.16. The zero-order valence-electron chi connectivity index (χ0n) is 12.6. The Morgan fingerprint density at radius 2 is 1.88 bits per heavy atom. The SMILES string of the molecule is O=C1/C(=C\c2ccc([N+](=O)[O-])o2)SC(=S)N1Nc1ccccc1[N+](=O)[O-]. The number of furan rings is 1. The standard InChI is InChI=1S/C14H8N4O6S2/c19-13-11(7-8-5-6-12(24-8)18(22)23)26-14(25)16(13)15-9-3-1-2-4-10(9)17(20)21/h1-7,15H/b11-7+. The molecule has 0 radical (unpaired) electrons. The maximum Gasteiger partial charge on any atom is 0.433 e. The Balaban J connectivity index is 1.84. The lowest BCUT2D eigenvalue weighted by Crippen LogP contribution is -2.34. The van der Waals surface area contributed by atoms with Crippen LogP contribution in [0.15, 0.2) is 45.7 Å². The molecule has 10 nitrogen and oxygen atoms in total. The second kappa shape index (κ2) is 6.93. The second-order valence-electron chi connectivity index (χ2n) is 4.84. The van der Waals surface area contributed by atoms with Crippen LogP contribution in [0.2, 0.25) is 0 Å². The number of hydrazine groups is 1. The van der Waals surface area contributed by atoms with Gasteiger partial charge in [0.25, 0.3) is 11.6 Å². The summed E-state index contributed by atoms with van der Waals surface area (Å²) in [4.78, 5) is 33.1. The average Bonchev–Trinajstić information content (AvgIpc) is 3.16. The summed E-state index contributed by atoms with van der Waals surface area (Å²) in [7, 11) is 0. The normalized spacial score (nSPS) is 15.5. The topological polar surface area (TPSA) is 132 Å². The summed E-state index contributed by atoms with van der Waals surface area (Å²) < 4.78 is 5.11. The van der Waals surface area contributed by atoms with Gasteiger partial charge in [-0.2, -0.15) is 0 Å². The molecule has 1 aromatic carbocycles. The molecule has 2 heterocycles. The maximum atomic E-state index is 12.5. The van der Waals surface area contributed by atoms with Crippen LogP contribution in [0, 0.1) is 20.2 Å². The van der Waals surface area contributed by atoms with E-state index in [2.05, 4.69) is 5.43 Å². The van der Waals surface area contributed by atoms with E-state index in [-0.39, 0.29) is 26.4 Å². The molecular weight excluding hydrogens is 384 g/mol. The van der Waals surface area contributed by atoms with Crippen molar-refractivity contribution in [1.29, 1.82) is 0 Å². The van der Waals surface area contributed by atoms with Gasteiger partial charge in [0.15, 0.2) is 4.32 Å². The number of amides is 1. The van der Waals surface area contributed by atoms with Crippen molar-refractivity contribution in [2.45, 2.75) is 0 Å². The smallest absolute Gasteiger partial charge is 0.401 e. The monoisotopic (exact) mass is 392 g/mol. The van der Waals surface area contributed by atoms with Gasteiger partial charge in [-0.1, -0.05) is 23.9 Å². The summed E-state index contributed by atoms with van der Waals surface area (Å²) in [5.74, 6) is -0.898. The van der Waals surface area contributed by atoms with Crippen molar-refractivity contribution in [1.82, 2.24) is 5.01 Å². The lowest BCUT2D eigenvalue weighted by molar-refractivity contribution is -0.402. The van der Waals surface area contributed by atoms with Crippen molar-refractivity contribution in [3.63, 3.8) is 0 Å². The minimum Gasteiger partial charge on any atom is -0.401 e. The molecule has 2 aromatic rings. The molecule has 0 bridgehead atoms. The van der Waals surface area contributed by atoms with E-state index in [0.717, 1.165) is 22.8 Å². The molecule has 1 saturated heterocycles. The van der Waals surface area contributed by atoms with Crippen LogP contribution in [-0.4, -0.2) is 25.1 Å². The van der Waals surface area contributed by atoms with Crippen LogP contribution in [0.3, 0.4) is 0 Å². The number of hydrogen-bond donors (Lipinski definition) is 1. The fourth-order valence-corrected chi connectivity index (χ4v) is 3.22. The van der Waals surface area contributed by atoms with Gasteiger partial charge < -0.3 is 4.42 Å². The number of nitro benzene ring substituents is 1. The number of nitrogens with one attached hydrogen (secondary N) is 1. The van der Waals surface area contributed by atoms with Crippen molar-refractivity contribution in [2.75, 3.05) is 5.43 Å². The minimum absolute atomic E-state index is 0.101. The predicted molar refractivity (Wildman–Crippen MR) is 97.1 cm³/mol. The molecule has 0 spiro atoms. The van der Waals surface area contributed by atoms with Crippen LogP contribution in [0.5, 0.6) is 0 Å². The van der Waals surface area contributed by atoms with Crippen molar-refractivity contribution < 1.29 is 19.1 Å². The van der Waals surface area contributed by atoms with Gasteiger partial charge in [-0.3, -0.25) is 30.4 Å². The first-order valence-electron chi connectivity index (χ1n) is 6.89. The van der Waals surface area contributed by atoms with Crippen molar-refractivity contribution in [3.05, 3.63) is 67.3 Å². The van der Waals surface area contributed by atoms with Gasteiger partial charge in [-0.05, 0) is 24.4 Å². The van der Waals surface area contributed by atoms with Crippen LogP contribution < -0.4 is 5.43 Å². The van der Waals surface area contributed by atoms with Gasteiger partial charge in [-0.25, -0.2) is 5.01 Å². The molecule has 132 valence electrons. The first-order valence-corrected chi connectivity index (χ1v) is 8.11. The minimum atomic E-state index is -0.696. The van der Waals surface area contributed by atoms with Crippen molar-refractivity contribution in [2.24, 2.45) is 0 Å². The summed E-state index contributed by atoms with van der Waals surface area (Å²) in [6, 6.07) is 8.31. The van der Waals surface area contributed by atoms with Gasteiger partial charge in [0, 0.05) is 12.1 Å². The number of para-hydroxylation sites is 2. The third kappa shape index (κ3) is 3.41. The fraction of sp³-hybridized carbons (Fsp3) is 0. The van der Waals surface area contributed by atoms with E-state index in [9.17, 15) is 25.0 Å². The summed E-state index contributed by atoms with van der Waals surface area (Å²) in [5.41, 5.74) is 2.52. The quantitative estimate of drug-likeness (QED) is 0.352. The van der Waals surface area contributed by atoms with Crippen molar-refractivity contribution >= 4 is 57.5 Å². The van der Waals surface area contributed by atoms with E-state index in [1.54, 1.807) is 6.07 Å². The highest BCUT2D eigenvalue weighted by molar-refractivity contribution is 8.26. The molecule has 0 unspecified atom stereocenters. The van der Waals surface area contributed by atoms with Gasteiger partial charge in [0.2, 0.25) is 0 Å². The first kappa shape index (κ1) is 17.6. The van der Waals surface area contributed by atoms with E-state index in [4.69, 9.17) is 16.6 Å². The van der Waals surface area contributed by atoms with Gasteiger partial charge in [0.1, 0.15) is 16.4 Å². The molecule has 0 saturated carbocycles. The number of nitrogens with zero attached hydrogens (tertiary/aromatic N) is 3. The number of benzene rings is 1. The summed E-state index contributed by atoms with van der Waals surface area (Å²) in [6.45, 7) is 0. The Bertz CT molecular complexity index is 970. The Labute approximate surface area is 154 Å². The van der Waals surface area contributed by atoms with Crippen LogP contribution in [0.4, 0.5) is 17.3 Å². The van der Waals surface area contributed by atoms with E-state index >= 15 is 0 Å². The Morgan fingerprint density at radius 3 is 2.54 bits per heavy atom. The third-order valence-electron chi connectivity index (χ3n) is 3.19. The summed E-state index contributed by atoms with van der Waals surface area (Å²) >= 11 is 6.06. The molecule has 0 atom stereocenters. The number of thiocarbonyl (C=S) groups is 1. The molecule has 3 rings (SSSR count). The van der Waals surface area contributed by atoms with Gasteiger partial charge in [-0.15, -0.1) is 0 Å². The highest BCUT2D eigenvalue weighted by Crippen LogP contribution is 2.34. The number of nitro groups is 2. The molecule has 1 N–H and O–H groups in total. The predicted octanol–water partition coefficient (Wildman–Crippen LogP) is 3.32. The molecule has 1 aromatic heterocycles. The average molecular weight is 392 g/mol. The molecule has 1 aliphatic rings. The van der Waals surface area contributed by atoms with Crippen LogP contribution in [-0.2, 0) is 4.79 Å². The number of thioether (sulfide) groups is 1. The highest BCUT2D eigenvalue weighted by Gasteiger charge is 2.34. The molecule has 0 aliphatic carbocycles. The van der Waals surface area contributed by atoms with Crippen molar-refractivity contribution in [3.8, 4) is 0 Å². The Kier molecular flexibility index (Phi) is 4.69. The highest BCUT2D eigenvalue weighted by atomic mass is 32.2. The fourth-order valence-electron chi connectivity index (χ4n) is 2.06. The third-order valence-corrected chi connectivity index (χ3v) is 4.49. The van der Waals surface area contributed by atoms with Crippen LogP contribution in [0.25, 0.3) is 6.08 Å². The molecule has 1 aliphatic heterocycles. The largest absolute Gasteiger partial charge is 0.433 e. The van der Waals surface area contributed by atoms with Gasteiger partial charge >= 0.3 is 5.88 Å². The number of carbonyl (C=O) groups is 1. The van der Waals surface area contributed by atoms with Crippen LogP contribution >= 0.6 is 24.0 Å². The van der Waals surface area contributed by atoms with E-state index in [0.29, 0.717) is 0 Å². The van der Waals surface area contributed by atoms with E-state index < -0.39 is 21.6 Å². The Hall–Kier alpha value is -3.25. The van der Waals surface area contributed by atoms with E-state index in [1.165, 1.54) is 30.3 Å². The van der Waals surface area contributed by atoms with E-state index in [1.807, 2.05) is 0 Å². The molecule has 1 amide bonds. The lowest BCUT2D eigenvalue weighted by atomic mass is 10.3. The Morgan fingerprint density at radius 1 is 1.15 bits per heavy atom. The molecule has 26 heavy (non-hydrogen) atoms. The molecule has 1 fully saturated rings. The second-order valence-corrected chi connectivity index (χ2v) is 6.51. The summed E-state index contributed by atoms with van der Waals surface area (Å²) in [6.07, 6.45) is 1.31. The zero-order chi connectivity index (χ0) is 18.8. The maximum absolute atomic E-state index is 12.5. The molecular formula is C14H8N4O6S2. The van der Waals surface area contributed by atoms with Gasteiger partial charge in [0.05, 0.1) is 15.9 Å². The number of hydrogen-bond acceptors (Lipinski definition) is 9. The number of rotatable bonds is 5.